The number of H-pyrrole nitrogens is 1. The molecule has 10 heteroatoms. The minimum absolute atomic E-state index is 0.339. The Kier molecular flexibility index (Phi) is 9.70. The average Bonchev–Trinajstić information content (AvgIpc) is 3.27. The summed E-state index contributed by atoms with van der Waals surface area (Å²) < 4.78 is 16.8. The minimum atomic E-state index is -0.599. The van der Waals surface area contributed by atoms with Crippen molar-refractivity contribution in [1.29, 1.82) is 5.26 Å². The molecule has 0 amide bonds. The van der Waals surface area contributed by atoms with Crippen molar-refractivity contribution in [2.45, 2.75) is 54.1 Å². The van der Waals surface area contributed by atoms with Crippen molar-refractivity contribution in [3.05, 3.63) is 68.2 Å². The molecule has 38 heavy (non-hydrogen) atoms. The molecule has 2 aromatic heterocycles. The number of hydrogen-bond donors (Lipinski definition) is 1. The third-order valence-electron chi connectivity index (χ3n) is 5.60. The van der Waals surface area contributed by atoms with Crippen LogP contribution in [0.3, 0.4) is 0 Å². The maximum Gasteiger partial charge on any atom is 0.418 e. The Morgan fingerprint density at radius 3 is 1.89 bits per heavy atom. The number of methoxy groups -OCH3 is 2. The highest BCUT2D eigenvalue weighted by Gasteiger charge is 2.28. The summed E-state index contributed by atoms with van der Waals surface area (Å²) in [7, 11) is 2.67. The molecule has 0 spiro atoms. The van der Waals surface area contributed by atoms with Crippen LogP contribution in [-0.4, -0.2) is 47.4 Å². The highest BCUT2D eigenvalue weighted by Crippen LogP contribution is 2.31. The zero-order valence-electron chi connectivity index (χ0n) is 23.0. The second-order valence-electron chi connectivity index (χ2n) is 9.47. The van der Waals surface area contributed by atoms with Crippen molar-refractivity contribution in [3.63, 3.8) is 0 Å². The number of esters is 2. The van der Waals surface area contributed by atoms with Crippen molar-refractivity contribution in [2.75, 3.05) is 14.2 Å². The summed E-state index contributed by atoms with van der Waals surface area (Å²) in [4.78, 5) is 38.9. The van der Waals surface area contributed by atoms with Gasteiger partial charge in [0.2, 0.25) is 0 Å². The Morgan fingerprint density at radius 2 is 1.42 bits per heavy atom. The molecule has 0 unspecified atom stereocenters. The molecule has 3 aromatic rings. The lowest BCUT2D eigenvalue weighted by Gasteiger charge is -2.20. The van der Waals surface area contributed by atoms with Gasteiger partial charge in [-0.3, -0.25) is 4.57 Å². The van der Waals surface area contributed by atoms with Crippen LogP contribution in [0.4, 0.5) is 4.79 Å². The van der Waals surface area contributed by atoms with Crippen molar-refractivity contribution < 1.29 is 28.6 Å². The maximum absolute atomic E-state index is 12.1. The molecule has 0 aliphatic rings. The van der Waals surface area contributed by atoms with Gasteiger partial charge in [-0.05, 0) is 82.1 Å². The molecule has 9 nitrogen and oxygen atoms in total. The Bertz CT molecular complexity index is 1400. The number of aromatic nitrogens is 2. The quantitative estimate of drug-likeness (QED) is 0.279. The first-order valence-corrected chi connectivity index (χ1v) is 12.4. The summed E-state index contributed by atoms with van der Waals surface area (Å²) >= 11 is 3.31. The maximum atomic E-state index is 12.1. The molecule has 1 aromatic carbocycles. The predicted molar refractivity (Wildman–Crippen MR) is 146 cm³/mol. The number of ether oxygens (including phenoxy) is 3. The number of carbonyl (C=O) groups excluding carboxylic acids is 3. The second kappa shape index (κ2) is 12.1. The van der Waals surface area contributed by atoms with Crippen LogP contribution in [0.25, 0.3) is 11.1 Å². The van der Waals surface area contributed by atoms with Gasteiger partial charge in [-0.15, -0.1) is 0 Å². The van der Waals surface area contributed by atoms with Crippen molar-refractivity contribution >= 4 is 34.0 Å². The molecule has 1 N–H and O–H groups in total. The highest BCUT2D eigenvalue weighted by molar-refractivity contribution is 9.10. The average molecular weight is 586 g/mol. The summed E-state index contributed by atoms with van der Waals surface area (Å²) in [6.07, 6.45) is -0.515. The number of nitrogens with one attached hydrogen (secondary N) is 1. The lowest BCUT2D eigenvalue weighted by Crippen LogP contribution is -2.28. The van der Waals surface area contributed by atoms with Gasteiger partial charge in [0, 0.05) is 28.3 Å². The fourth-order valence-electron chi connectivity index (χ4n) is 3.93. The molecule has 0 fully saturated rings. The van der Waals surface area contributed by atoms with Gasteiger partial charge in [0.05, 0.1) is 41.5 Å². The van der Waals surface area contributed by atoms with E-state index in [0.29, 0.717) is 32.6 Å². The van der Waals surface area contributed by atoms with E-state index in [0.717, 1.165) is 22.5 Å². The number of carbonyl (C=O) groups is 3. The number of benzene rings is 1. The zero-order valence-corrected chi connectivity index (χ0v) is 24.6. The molecule has 202 valence electrons. The molecule has 0 radical (unpaired) electrons. The van der Waals surface area contributed by atoms with Crippen LogP contribution in [0.15, 0.2) is 28.7 Å². The van der Waals surface area contributed by atoms with Gasteiger partial charge in [0.1, 0.15) is 5.60 Å². The van der Waals surface area contributed by atoms with Crippen LogP contribution >= 0.6 is 15.9 Å². The summed E-state index contributed by atoms with van der Waals surface area (Å²) in [5.41, 5.74) is 5.38. The molecule has 0 saturated heterocycles. The van der Waals surface area contributed by atoms with Crippen LogP contribution in [0.5, 0.6) is 0 Å². The van der Waals surface area contributed by atoms with Crippen LogP contribution in [-0.2, 0) is 14.2 Å². The van der Waals surface area contributed by atoms with E-state index in [1.54, 1.807) is 46.8 Å². The smallest absolute Gasteiger partial charge is 0.418 e. The van der Waals surface area contributed by atoms with E-state index in [4.69, 9.17) is 19.5 Å². The van der Waals surface area contributed by atoms with Crippen LogP contribution in [0.2, 0.25) is 0 Å². The largest absolute Gasteiger partial charge is 0.465 e. The molecular formula is C28H32BrN3O6. The number of aromatic amines is 1. The summed E-state index contributed by atoms with van der Waals surface area (Å²) in [6.45, 7) is 12.5. The summed E-state index contributed by atoms with van der Waals surface area (Å²) in [5, 5.41) is 8.81. The number of aryl methyl sites for hydroxylation is 2. The Balaban J connectivity index is 0.000000267. The number of rotatable bonds is 3. The fourth-order valence-corrected chi connectivity index (χ4v) is 4.56. The molecule has 0 saturated carbocycles. The third-order valence-corrected chi connectivity index (χ3v) is 6.57. The van der Waals surface area contributed by atoms with Gasteiger partial charge in [-0.2, -0.15) is 5.26 Å². The first kappa shape index (κ1) is 30.4. The van der Waals surface area contributed by atoms with Gasteiger partial charge in [-0.1, -0.05) is 12.1 Å². The van der Waals surface area contributed by atoms with Gasteiger partial charge < -0.3 is 19.2 Å². The van der Waals surface area contributed by atoms with E-state index in [9.17, 15) is 14.4 Å². The van der Waals surface area contributed by atoms with Gasteiger partial charge in [0.15, 0.2) is 0 Å². The lowest BCUT2D eigenvalue weighted by atomic mass is 9.99. The predicted octanol–water partition coefficient (Wildman–Crippen LogP) is 6.39. The highest BCUT2D eigenvalue weighted by atomic mass is 79.9. The molecule has 0 atom stereocenters. The van der Waals surface area contributed by atoms with Crippen LogP contribution < -0.4 is 0 Å². The van der Waals surface area contributed by atoms with Crippen LogP contribution in [0, 0.1) is 39.0 Å². The topological polar surface area (TPSA) is 123 Å². The zero-order chi connectivity index (χ0) is 28.9. The van der Waals surface area contributed by atoms with Gasteiger partial charge in [-0.25, -0.2) is 14.4 Å². The Hall–Kier alpha value is -3.84. The number of halogens is 1. The van der Waals surface area contributed by atoms with Gasteiger partial charge >= 0.3 is 18.0 Å². The summed E-state index contributed by atoms with van der Waals surface area (Å²) in [5.74, 6) is -0.851. The van der Waals surface area contributed by atoms with E-state index in [1.165, 1.54) is 18.8 Å². The van der Waals surface area contributed by atoms with Crippen molar-refractivity contribution in [1.82, 2.24) is 9.55 Å². The number of nitriles is 1. The number of nitrogens with zero attached hydrogens (tertiary/aromatic N) is 2. The third kappa shape index (κ3) is 6.53. The first-order valence-electron chi connectivity index (χ1n) is 11.7. The molecular weight excluding hydrogens is 554 g/mol. The van der Waals surface area contributed by atoms with E-state index in [1.807, 2.05) is 26.0 Å². The fraction of sp³-hybridized carbons (Fsp3) is 0.357. The van der Waals surface area contributed by atoms with Crippen molar-refractivity contribution in [2.24, 2.45) is 0 Å². The van der Waals surface area contributed by atoms with Gasteiger partial charge in [0.25, 0.3) is 0 Å². The van der Waals surface area contributed by atoms with Crippen LogP contribution in [0.1, 0.15) is 69.8 Å². The molecule has 0 aliphatic heterocycles. The van der Waals surface area contributed by atoms with Crippen molar-refractivity contribution in [3.8, 4) is 17.2 Å². The van der Waals surface area contributed by atoms with E-state index < -0.39 is 17.7 Å². The molecule has 0 aliphatic carbocycles. The Labute approximate surface area is 230 Å². The van der Waals surface area contributed by atoms with E-state index >= 15 is 0 Å². The molecule has 3 rings (SSSR count). The number of hydrogen-bond acceptors (Lipinski definition) is 7. The first-order chi connectivity index (χ1) is 17.7. The minimum Gasteiger partial charge on any atom is -0.465 e. The Morgan fingerprint density at radius 1 is 0.895 bits per heavy atom. The summed E-state index contributed by atoms with van der Waals surface area (Å²) in [6, 6.07) is 9.21. The lowest BCUT2D eigenvalue weighted by molar-refractivity contribution is 0.0529. The van der Waals surface area contributed by atoms with E-state index in [2.05, 4.69) is 27.0 Å². The standard InChI is InChI=1S/C15H14N2O2.C13H18BrNO4/c1-9-13(12-6-4-11(8-16)5-7-12)14(10(2)17-9)15(18)19-3;1-7-9(11(16)18-6)10(14)8(2)15(7)12(17)19-13(3,4)5/h4-7,17H,1-3H3;1-6H3. The normalized spacial score (nSPS) is 10.7. The second-order valence-corrected chi connectivity index (χ2v) is 10.3. The SMILES string of the molecule is COC(=O)c1c(Br)c(C)n(C(=O)OC(C)(C)C)c1C.COC(=O)c1c(C)[nH]c(C)c1-c1ccc(C#N)cc1. The monoisotopic (exact) mass is 585 g/mol. The molecule has 2 heterocycles. The molecule has 0 bridgehead atoms. The van der Waals surface area contributed by atoms with E-state index in [-0.39, 0.29) is 5.97 Å².